The van der Waals surface area contributed by atoms with Gasteiger partial charge in [0.1, 0.15) is 5.60 Å². The number of rotatable bonds is 7. The van der Waals surface area contributed by atoms with Gasteiger partial charge in [0.15, 0.2) is 0 Å². The van der Waals surface area contributed by atoms with Crippen molar-refractivity contribution in [2.24, 2.45) is 0 Å². The van der Waals surface area contributed by atoms with Crippen LogP contribution in [0.3, 0.4) is 0 Å². The summed E-state index contributed by atoms with van der Waals surface area (Å²) in [5.74, 6) is -0.315. The van der Waals surface area contributed by atoms with Crippen LogP contribution in [0.5, 0.6) is 0 Å². The monoisotopic (exact) mass is 630 g/mol. The number of likely N-dealkylation sites (tertiary alicyclic amines) is 2. The smallest absolute Gasteiger partial charge is 0.410 e. The van der Waals surface area contributed by atoms with Crippen molar-refractivity contribution in [1.29, 1.82) is 0 Å². The van der Waals surface area contributed by atoms with Gasteiger partial charge in [-0.15, -0.1) is 0 Å². The Morgan fingerprint density at radius 1 is 0.867 bits per heavy atom. The number of carbonyl (C=O) groups excluding carboxylic acids is 2. The third kappa shape index (κ3) is 7.29. The van der Waals surface area contributed by atoms with E-state index in [9.17, 15) is 9.59 Å². The lowest BCUT2D eigenvalue weighted by molar-refractivity contribution is 0.0123. The Morgan fingerprint density at radius 2 is 1.58 bits per heavy atom. The van der Waals surface area contributed by atoms with Crippen molar-refractivity contribution >= 4 is 29.4 Å². The summed E-state index contributed by atoms with van der Waals surface area (Å²) in [7, 11) is 1.40. The summed E-state index contributed by atoms with van der Waals surface area (Å²) in [6.07, 6.45) is 0.813. The Labute approximate surface area is 271 Å². The standard InChI is InChI=1S/C36H43ClN4O4/c1-36(2,3)45-35(43)41-24-31-20-32(41)23-40(31)21-25-5-14-33(26-6-10-29(37)11-7-26)28(19-25)22-38-15-17-39(18-16-38)30-12-8-27(9-13-30)34(42)44-4/h5-14,19,31-32H,15-18,20-24H2,1-4H3. The summed E-state index contributed by atoms with van der Waals surface area (Å²) in [6, 6.07) is 23.2. The SMILES string of the molecule is COC(=O)c1ccc(N2CCN(Cc3cc(CN4CC5CC4CN5C(=O)OC(C)(C)C)ccc3-c3ccc(Cl)cc3)CC2)cc1. The number of hydrogen-bond acceptors (Lipinski definition) is 7. The van der Waals surface area contributed by atoms with Crippen LogP contribution >= 0.6 is 11.6 Å². The third-order valence-electron chi connectivity index (χ3n) is 9.11. The molecule has 3 saturated heterocycles. The van der Waals surface area contributed by atoms with E-state index in [4.69, 9.17) is 21.1 Å². The highest BCUT2D eigenvalue weighted by molar-refractivity contribution is 6.30. The molecule has 3 heterocycles. The lowest BCUT2D eigenvalue weighted by Gasteiger charge is -2.37. The predicted octanol–water partition coefficient (Wildman–Crippen LogP) is 6.31. The molecular weight excluding hydrogens is 588 g/mol. The number of amides is 1. The molecule has 0 radical (unpaired) electrons. The van der Waals surface area contributed by atoms with Crippen LogP contribution in [-0.4, -0.2) is 90.8 Å². The number of anilines is 1. The number of carbonyl (C=O) groups is 2. The highest BCUT2D eigenvalue weighted by Crippen LogP contribution is 2.34. The first-order chi connectivity index (χ1) is 21.6. The van der Waals surface area contributed by atoms with Crippen molar-refractivity contribution in [2.75, 3.05) is 51.3 Å². The molecule has 0 aliphatic carbocycles. The van der Waals surface area contributed by atoms with Crippen LogP contribution in [0.15, 0.2) is 66.7 Å². The van der Waals surface area contributed by atoms with E-state index < -0.39 is 5.60 Å². The quantitative estimate of drug-likeness (QED) is 0.284. The normalized spacial score (nSPS) is 20.5. The van der Waals surface area contributed by atoms with Gasteiger partial charge < -0.3 is 19.3 Å². The van der Waals surface area contributed by atoms with E-state index in [1.54, 1.807) is 0 Å². The summed E-state index contributed by atoms with van der Waals surface area (Å²) in [5.41, 5.74) is 6.21. The Kier molecular flexibility index (Phi) is 9.09. The minimum Gasteiger partial charge on any atom is -0.465 e. The number of methoxy groups -OCH3 is 1. The molecule has 0 aromatic heterocycles. The van der Waals surface area contributed by atoms with Crippen LogP contribution in [0.1, 0.15) is 48.7 Å². The molecule has 1 amide bonds. The van der Waals surface area contributed by atoms with Crippen LogP contribution in [0.2, 0.25) is 5.02 Å². The third-order valence-corrected chi connectivity index (χ3v) is 9.36. The second-order valence-corrected chi connectivity index (χ2v) is 13.8. The number of nitrogens with zero attached hydrogens (tertiary/aromatic N) is 4. The number of halogens is 1. The molecule has 2 unspecified atom stereocenters. The van der Waals surface area contributed by atoms with Crippen molar-refractivity contribution in [1.82, 2.24) is 14.7 Å². The lowest BCUT2D eigenvalue weighted by Crippen LogP contribution is -2.49. The van der Waals surface area contributed by atoms with E-state index in [1.807, 2.05) is 62.1 Å². The highest BCUT2D eigenvalue weighted by Gasteiger charge is 2.46. The molecule has 6 rings (SSSR count). The number of benzene rings is 3. The van der Waals surface area contributed by atoms with Crippen LogP contribution in [0, 0.1) is 0 Å². The van der Waals surface area contributed by atoms with Gasteiger partial charge >= 0.3 is 12.1 Å². The maximum absolute atomic E-state index is 12.7. The molecule has 8 nitrogen and oxygen atoms in total. The fraction of sp³-hybridized carbons (Fsp3) is 0.444. The van der Waals surface area contributed by atoms with E-state index >= 15 is 0 Å². The molecule has 0 spiro atoms. The molecule has 3 aliphatic rings. The van der Waals surface area contributed by atoms with Crippen LogP contribution in [-0.2, 0) is 22.6 Å². The van der Waals surface area contributed by atoms with Gasteiger partial charge in [-0.1, -0.05) is 41.9 Å². The molecular formula is C36H43ClN4O4. The molecule has 0 saturated carbocycles. The summed E-state index contributed by atoms with van der Waals surface area (Å²) in [6.45, 7) is 12.8. The minimum absolute atomic E-state index is 0.192. The van der Waals surface area contributed by atoms with Gasteiger partial charge in [0.05, 0.1) is 12.7 Å². The van der Waals surface area contributed by atoms with E-state index in [0.29, 0.717) is 11.6 Å². The number of piperazine rings is 2. The van der Waals surface area contributed by atoms with Gasteiger partial charge in [0.2, 0.25) is 0 Å². The zero-order valence-corrected chi connectivity index (χ0v) is 27.4. The van der Waals surface area contributed by atoms with Crippen molar-refractivity contribution in [3.63, 3.8) is 0 Å². The predicted molar refractivity (Wildman–Crippen MR) is 178 cm³/mol. The van der Waals surface area contributed by atoms with Gasteiger partial charge in [-0.2, -0.15) is 0 Å². The van der Waals surface area contributed by atoms with Gasteiger partial charge in [0.25, 0.3) is 0 Å². The van der Waals surface area contributed by atoms with E-state index in [2.05, 4.69) is 45.0 Å². The summed E-state index contributed by atoms with van der Waals surface area (Å²) in [4.78, 5) is 33.9. The van der Waals surface area contributed by atoms with Gasteiger partial charge in [0, 0.05) is 75.2 Å². The van der Waals surface area contributed by atoms with E-state index in [-0.39, 0.29) is 18.1 Å². The number of fused-ring (bicyclic) bond motifs is 2. The second kappa shape index (κ2) is 13.0. The molecule has 0 N–H and O–H groups in total. The highest BCUT2D eigenvalue weighted by atomic mass is 35.5. The van der Waals surface area contributed by atoms with Crippen molar-refractivity contribution in [2.45, 2.75) is 58.0 Å². The molecule has 45 heavy (non-hydrogen) atoms. The average molecular weight is 631 g/mol. The lowest BCUT2D eigenvalue weighted by atomic mass is 9.96. The molecule has 3 aromatic carbocycles. The van der Waals surface area contributed by atoms with Crippen LogP contribution in [0.4, 0.5) is 10.5 Å². The Hall–Kier alpha value is -3.59. The first kappa shape index (κ1) is 31.4. The fourth-order valence-corrected chi connectivity index (χ4v) is 6.97. The number of ether oxygens (including phenoxy) is 2. The second-order valence-electron chi connectivity index (χ2n) is 13.4. The van der Waals surface area contributed by atoms with Crippen molar-refractivity contribution in [3.8, 4) is 11.1 Å². The minimum atomic E-state index is -0.481. The van der Waals surface area contributed by atoms with E-state index in [0.717, 1.165) is 69.5 Å². The van der Waals surface area contributed by atoms with Crippen molar-refractivity contribution in [3.05, 3.63) is 88.4 Å². The maximum Gasteiger partial charge on any atom is 0.410 e. The Balaban J connectivity index is 1.13. The first-order valence-corrected chi connectivity index (χ1v) is 16.2. The molecule has 3 fully saturated rings. The topological polar surface area (TPSA) is 65.6 Å². The van der Waals surface area contributed by atoms with Crippen LogP contribution < -0.4 is 4.90 Å². The largest absolute Gasteiger partial charge is 0.465 e. The zero-order chi connectivity index (χ0) is 31.7. The molecule has 2 atom stereocenters. The van der Waals surface area contributed by atoms with Gasteiger partial charge in [-0.25, -0.2) is 9.59 Å². The first-order valence-electron chi connectivity index (χ1n) is 15.8. The van der Waals surface area contributed by atoms with Gasteiger partial charge in [-0.3, -0.25) is 9.80 Å². The van der Waals surface area contributed by atoms with Crippen molar-refractivity contribution < 1.29 is 19.1 Å². The maximum atomic E-state index is 12.7. The summed E-state index contributed by atoms with van der Waals surface area (Å²) >= 11 is 6.23. The zero-order valence-electron chi connectivity index (χ0n) is 26.7. The summed E-state index contributed by atoms with van der Waals surface area (Å²) in [5, 5.41) is 0.733. The molecule has 9 heteroatoms. The fourth-order valence-electron chi connectivity index (χ4n) is 6.84. The van der Waals surface area contributed by atoms with Gasteiger partial charge in [-0.05, 0) is 85.8 Å². The summed E-state index contributed by atoms with van der Waals surface area (Å²) < 4.78 is 10.5. The molecule has 3 aliphatic heterocycles. The number of hydrogen-bond donors (Lipinski definition) is 0. The molecule has 238 valence electrons. The Bertz CT molecular complexity index is 1510. The average Bonchev–Trinajstić information content (AvgIpc) is 3.62. The Morgan fingerprint density at radius 3 is 2.20 bits per heavy atom. The molecule has 3 aromatic rings. The van der Waals surface area contributed by atoms with Crippen LogP contribution in [0.25, 0.3) is 11.1 Å². The molecule has 2 bridgehead atoms. The number of esters is 1. The van der Waals surface area contributed by atoms with E-state index in [1.165, 1.54) is 29.4 Å².